The second-order valence-corrected chi connectivity index (χ2v) is 6.95. The van der Waals surface area contributed by atoms with Crippen LogP contribution in [0.1, 0.15) is 41.4 Å². The zero-order valence-corrected chi connectivity index (χ0v) is 16.4. The van der Waals surface area contributed by atoms with Crippen molar-refractivity contribution >= 4 is 40.4 Å². The SMILES string of the molecule is CC(C)c1noc2ncc(C(=O)NNC(=O)C(=O)NCc3ccc(Cl)cc3)cc12. The Morgan fingerprint density at radius 3 is 2.52 bits per heavy atom. The van der Waals surface area contributed by atoms with Crippen molar-refractivity contribution in [2.45, 2.75) is 26.3 Å². The van der Waals surface area contributed by atoms with E-state index >= 15 is 0 Å². The number of halogens is 1. The molecule has 150 valence electrons. The summed E-state index contributed by atoms with van der Waals surface area (Å²) in [5.74, 6) is -2.45. The highest BCUT2D eigenvalue weighted by atomic mass is 35.5. The third-order valence-corrected chi connectivity index (χ3v) is 4.28. The van der Waals surface area contributed by atoms with Gasteiger partial charge in [-0.15, -0.1) is 0 Å². The molecule has 0 saturated carbocycles. The number of nitrogens with zero attached hydrogens (tertiary/aromatic N) is 2. The zero-order valence-electron chi connectivity index (χ0n) is 15.7. The predicted octanol–water partition coefficient (Wildman–Crippen LogP) is 2.08. The quantitative estimate of drug-likeness (QED) is 0.442. The number of hydrogen-bond acceptors (Lipinski definition) is 6. The van der Waals surface area contributed by atoms with E-state index in [9.17, 15) is 14.4 Å². The summed E-state index contributed by atoms with van der Waals surface area (Å²) in [6, 6.07) is 8.36. The van der Waals surface area contributed by atoms with Gasteiger partial charge in [-0.2, -0.15) is 0 Å². The molecule has 0 saturated heterocycles. The number of hydrogen-bond donors (Lipinski definition) is 3. The summed E-state index contributed by atoms with van der Waals surface area (Å²) in [5.41, 5.74) is 6.20. The van der Waals surface area contributed by atoms with Crippen molar-refractivity contribution in [2.75, 3.05) is 0 Å². The van der Waals surface area contributed by atoms with E-state index in [0.717, 1.165) is 5.56 Å². The lowest BCUT2D eigenvalue weighted by Gasteiger charge is -2.08. The minimum Gasteiger partial charge on any atom is -0.344 e. The number of carbonyl (C=O) groups is 3. The van der Waals surface area contributed by atoms with Crippen LogP contribution in [0, 0.1) is 0 Å². The van der Waals surface area contributed by atoms with E-state index in [-0.39, 0.29) is 18.0 Å². The Balaban J connectivity index is 1.56. The number of fused-ring (bicyclic) bond motifs is 1. The van der Waals surface area contributed by atoms with Gasteiger partial charge in [0.15, 0.2) is 0 Å². The molecule has 2 heterocycles. The van der Waals surface area contributed by atoms with E-state index < -0.39 is 17.7 Å². The molecule has 9 nitrogen and oxygen atoms in total. The topological polar surface area (TPSA) is 126 Å². The molecule has 0 aliphatic heterocycles. The first-order chi connectivity index (χ1) is 13.8. The van der Waals surface area contributed by atoms with Gasteiger partial charge < -0.3 is 9.84 Å². The molecule has 3 N–H and O–H groups in total. The van der Waals surface area contributed by atoms with E-state index in [0.29, 0.717) is 21.8 Å². The fraction of sp³-hybridized carbons (Fsp3) is 0.211. The van der Waals surface area contributed by atoms with E-state index in [1.165, 1.54) is 6.20 Å². The highest BCUT2D eigenvalue weighted by Gasteiger charge is 2.18. The van der Waals surface area contributed by atoms with Crippen LogP contribution in [-0.4, -0.2) is 27.9 Å². The van der Waals surface area contributed by atoms with Crippen LogP contribution >= 0.6 is 11.6 Å². The van der Waals surface area contributed by atoms with E-state index in [4.69, 9.17) is 16.1 Å². The van der Waals surface area contributed by atoms with Crippen LogP contribution < -0.4 is 16.2 Å². The van der Waals surface area contributed by atoms with Crippen LogP contribution in [0.2, 0.25) is 5.02 Å². The molecule has 2 aromatic heterocycles. The minimum atomic E-state index is -1.01. The van der Waals surface area contributed by atoms with Gasteiger partial charge in [0.1, 0.15) is 0 Å². The number of carbonyl (C=O) groups excluding carboxylic acids is 3. The Bertz CT molecular complexity index is 1060. The number of nitrogens with one attached hydrogen (secondary N) is 3. The molecule has 0 spiro atoms. The van der Waals surface area contributed by atoms with Crippen LogP contribution in [0.5, 0.6) is 0 Å². The molecule has 3 amide bonds. The standard InChI is InChI=1S/C19H18ClN5O4/c1-10(2)15-14-7-12(9-22-19(14)29-25-15)16(26)23-24-18(28)17(27)21-8-11-3-5-13(20)6-4-11/h3-7,9-10H,8H2,1-2H3,(H,21,27)(H,23,26)(H,24,28). The molecular formula is C19H18ClN5O4. The van der Waals surface area contributed by atoms with Crippen molar-refractivity contribution in [1.29, 1.82) is 0 Å². The highest BCUT2D eigenvalue weighted by Crippen LogP contribution is 2.23. The zero-order chi connectivity index (χ0) is 21.0. The molecule has 0 bridgehead atoms. The molecule has 0 aliphatic carbocycles. The van der Waals surface area contributed by atoms with Gasteiger partial charge >= 0.3 is 11.8 Å². The van der Waals surface area contributed by atoms with Gasteiger partial charge in [0.2, 0.25) is 0 Å². The molecule has 1 aromatic carbocycles. The van der Waals surface area contributed by atoms with Crippen LogP contribution in [0.4, 0.5) is 0 Å². The van der Waals surface area contributed by atoms with Crippen LogP contribution in [-0.2, 0) is 16.1 Å². The smallest absolute Gasteiger partial charge is 0.327 e. The maximum Gasteiger partial charge on any atom is 0.327 e. The Morgan fingerprint density at radius 2 is 1.83 bits per heavy atom. The highest BCUT2D eigenvalue weighted by molar-refractivity contribution is 6.35. The maximum absolute atomic E-state index is 12.3. The molecule has 0 fully saturated rings. The number of hydrazine groups is 1. The lowest BCUT2D eigenvalue weighted by molar-refractivity contribution is -0.139. The van der Waals surface area contributed by atoms with Crippen molar-refractivity contribution in [2.24, 2.45) is 0 Å². The summed E-state index contributed by atoms with van der Waals surface area (Å²) in [4.78, 5) is 40.0. The molecule has 0 atom stereocenters. The lowest BCUT2D eigenvalue weighted by atomic mass is 10.1. The van der Waals surface area contributed by atoms with Crippen molar-refractivity contribution in [3.8, 4) is 0 Å². The number of amides is 3. The van der Waals surface area contributed by atoms with Gasteiger partial charge in [-0.1, -0.05) is 42.7 Å². The number of pyridine rings is 1. The molecule has 3 aromatic rings. The minimum absolute atomic E-state index is 0.0837. The Hall–Kier alpha value is -3.46. The second kappa shape index (κ2) is 8.70. The summed E-state index contributed by atoms with van der Waals surface area (Å²) in [7, 11) is 0. The second-order valence-electron chi connectivity index (χ2n) is 6.52. The number of aromatic nitrogens is 2. The average molecular weight is 416 g/mol. The summed E-state index contributed by atoms with van der Waals surface area (Å²) in [6.45, 7) is 4.02. The summed E-state index contributed by atoms with van der Waals surface area (Å²) >= 11 is 5.79. The maximum atomic E-state index is 12.3. The van der Waals surface area contributed by atoms with Crippen LogP contribution in [0.25, 0.3) is 11.1 Å². The fourth-order valence-corrected chi connectivity index (χ4v) is 2.62. The van der Waals surface area contributed by atoms with Crippen molar-refractivity contribution < 1.29 is 18.9 Å². The van der Waals surface area contributed by atoms with Gasteiger partial charge in [-0.05, 0) is 29.7 Å². The first kappa shape index (κ1) is 20.3. The molecule has 0 unspecified atom stereocenters. The normalized spacial score (nSPS) is 10.8. The first-order valence-electron chi connectivity index (χ1n) is 8.73. The molecule has 3 rings (SSSR count). The molecule has 29 heavy (non-hydrogen) atoms. The Kier molecular flexibility index (Phi) is 6.08. The van der Waals surface area contributed by atoms with Gasteiger partial charge in [-0.25, -0.2) is 4.98 Å². The molecular weight excluding hydrogens is 398 g/mol. The largest absolute Gasteiger partial charge is 0.344 e. The van der Waals surface area contributed by atoms with Crippen molar-refractivity contribution in [1.82, 2.24) is 26.3 Å². The molecule has 0 radical (unpaired) electrons. The fourth-order valence-electron chi connectivity index (χ4n) is 2.50. The average Bonchev–Trinajstić information content (AvgIpc) is 3.14. The third-order valence-electron chi connectivity index (χ3n) is 4.03. The van der Waals surface area contributed by atoms with Gasteiger partial charge in [0.05, 0.1) is 16.6 Å². The predicted molar refractivity (Wildman–Crippen MR) is 105 cm³/mol. The Labute approximate surface area is 170 Å². The number of benzene rings is 1. The summed E-state index contributed by atoms with van der Waals surface area (Å²) in [5, 5.41) is 7.57. The lowest BCUT2D eigenvalue weighted by Crippen LogP contribution is -2.48. The van der Waals surface area contributed by atoms with E-state index in [1.807, 2.05) is 13.8 Å². The summed E-state index contributed by atoms with van der Waals surface area (Å²) in [6.07, 6.45) is 1.29. The van der Waals surface area contributed by atoms with Crippen molar-refractivity contribution in [3.63, 3.8) is 0 Å². The third kappa shape index (κ3) is 4.88. The monoisotopic (exact) mass is 415 g/mol. The van der Waals surface area contributed by atoms with Crippen LogP contribution in [0.3, 0.4) is 0 Å². The molecule has 10 heteroatoms. The first-order valence-corrected chi connectivity index (χ1v) is 9.11. The Morgan fingerprint density at radius 1 is 1.10 bits per heavy atom. The number of rotatable bonds is 4. The van der Waals surface area contributed by atoms with Crippen LogP contribution in [0.15, 0.2) is 41.1 Å². The van der Waals surface area contributed by atoms with Gasteiger partial charge in [0.25, 0.3) is 11.6 Å². The van der Waals surface area contributed by atoms with E-state index in [1.54, 1.807) is 30.3 Å². The van der Waals surface area contributed by atoms with Gasteiger partial charge in [-0.3, -0.25) is 25.2 Å². The molecule has 0 aliphatic rings. The van der Waals surface area contributed by atoms with Gasteiger partial charge in [0, 0.05) is 17.8 Å². The van der Waals surface area contributed by atoms with Crippen molar-refractivity contribution in [3.05, 3.63) is 58.4 Å². The summed E-state index contributed by atoms with van der Waals surface area (Å²) < 4.78 is 5.12. The van der Waals surface area contributed by atoms with E-state index in [2.05, 4.69) is 26.3 Å².